The van der Waals surface area contributed by atoms with E-state index in [1.165, 1.54) is 64.5 Å². The van der Waals surface area contributed by atoms with Crippen LogP contribution in [0, 0.1) is 11.8 Å². The van der Waals surface area contributed by atoms with E-state index in [0.717, 1.165) is 11.8 Å². The summed E-state index contributed by atoms with van der Waals surface area (Å²) in [5, 5.41) is 0. The summed E-state index contributed by atoms with van der Waals surface area (Å²) in [6, 6.07) is 0.511. The predicted molar refractivity (Wildman–Crippen MR) is 69.4 cm³/mol. The van der Waals surface area contributed by atoms with Crippen molar-refractivity contribution in [2.24, 2.45) is 17.6 Å². The average Bonchev–Trinajstić information content (AvgIpc) is 2.26. The van der Waals surface area contributed by atoms with Crippen LogP contribution in [0.3, 0.4) is 0 Å². The van der Waals surface area contributed by atoms with E-state index in [-0.39, 0.29) is 0 Å². The van der Waals surface area contributed by atoms with Crippen molar-refractivity contribution in [2.75, 3.05) is 20.1 Å². The standard InChI is InChI=1S/C14H28N2/c1-16(11-13-9-14(15)10-13)8-7-12-5-3-2-4-6-12/h12-14H,2-11,15H2,1H3. The predicted octanol–water partition coefficient (Wildman–Crippen LogP) is 2.63. The highest BCUT2D eigenvalue weighted by atomic mass is 15.1. The van der Waals surface area contributed by atoms with E-state index in [1.807, 2.05) is 0 Å². The maximum atomic E-state index is 5.82. The highest BCUT2D eigenvalue weighted by molar-refractivity contribution is 4.83. The zero-order valence-corrected chi connectivity index (χ0v) is 10.8. The average molecular weight is 224 g/mol. The Kier molecular flexibility index (Phi) is 4.66. The summed E-state index contributed by atoms with van der Waals surface area (Å²) in [6.45, 7) is 2.58. The molecule has 0 heterocycles. The molecule has 0 atom stereocenters. The lowest BCUT2D eigenvalue weighted by molar-refractivity contribution is 0.171. The molecule has 94 valence electrons. The van der Waals surface area contributed by atoms with E-state index in [1.54, 1.807) is 0 Å². The van der Waals surface area contributed by atoms with Gasteiger partial charge in [0.05, 0.1) is 0 Å². The first-order valence-electron chi connectivity index (χ1n) is 7.18. The lowest BCUT2D eigenvalue weighted by Crippen LogP contribution is -2.42. The summed E-state index contributed by atoms with van der Waals surface area (Å²) in [5.74, 6) is 1.92. The van der Waals surface area contributed by atoms with E-state index in [4.69, 9.17) is 5.73 Å². The van der Waals surface area contributed by atoms with Gasteiger partial charge in [-0.15, -0.1) is 0 Å². The monoisotopic (exact) mass is 224 g/mol. The summed E-state index contributed by atoms with van der Waals surface area (Å²) in [6.07, 6.45) is 11.4. The lowest BCUT2D eigenvalue weighted by Gasteiger charge is -2.35. The molecule has 2 N–H and O–H groups in total. The summed E-state index contributed by atoms with van der Waals surface area (Å²) < 4.78 is 0. The molecule has 2 aliphatic rings. The number of nitrogens with zero attached hydrogens (tertiary/aromatic N) is 1. The molecule has 0 spiro atoms. The minimum Gasteiger partial charge on any atom is -0.328 e. The van der Waals surface area contributed by atoms with Crippen LogP contribution in [-0.2, 0) is 0 Å². The summed E-state index contributed by atoms with van der Waals surface area (Å²) in [5.41, 5.74) is 5.82. The van der Waals surface area contributed by atoms with Crippen LogP contribution in [0.1, 0.15) is 51.4 Å². The highest BCUT2D eigenvalue weighted by Gasteiger charge is 2.26. The molecule has 0 saturated heterocycles. The molecular weight excluding hydrogens is 196 g/mol. The number of rotatable bonds is 5. The Bertz CT molecular complexity index is 193. The molecule has 0 unspecified atom stereocenters. The van der Waals surface area contributed by atoms with Crippen molar-refractivity contribution in [3.8, 4) is 0 Å². The van der Waals surface area contributed by atoms with Gasteiger partial charge in [-0.1, -0.05) is 32.1 Å². The van der Waals surface area contributed by atoms with Gasteiger partial charge in [-0.25, -0.2) is 0 Å². The van der Waals surface area contributed by atoms with Gasteiger partial charge in [0.1, 0.15) is 0 Å². The highest BCUT2D eigenvalue weighted by Crippen LogP contribution is 2.28. The van der Waals surface area contributed by atoms with Crippen LogP contribution in [0.25, 0.3) is 0 Å². The molecule has 0 aromatic rings. The molecule has 0 aromatic carbocycles. The molecule has 0 radical (unpaired) electrons. The van der Waals surface area contributed by atoms with Crippen molar-refractivity contribution >= 4 is 0 Å². The fourth-order valence-corrected chi connectivity index (χ4v) is 3.35. The smallest absolute Gasteiger partial charge is 0.00450 e. The topological polar surface area (TPSA) is 29.3 Å². The van der Waals surface area contributed by atoms with Gasteiger partial charge in [-0.3, -0.25) is 0 Å². The van der Waals surface area contributed by atoms with E-state index >= 15 is 0 Å². The summed E-state index contributed by atoms with van der Waals surface area (Å²) in [4.78, 5) is 2.53. The van der Waals surface area contributed by atoms with E-state index in [9.17, 15) is 0 Å². The van der Waals surface area contributed by atoms with Crippen LogP contribution in [0.5, 0.6) is 0 Å². The largest absolute Gasteiger partial charge is 0.328 e. The minimum atomic E-state index is 0.511. The first-order chi connectivity index (χ1) is 7.74. The number of hydrogen-bond acceptors (Lipinski definition) is 2. The van der Waals surface area contributed by atoms with Crippen molar-refractivity contribution < 1.29 is 0 Å². The van der Waals surface area contributed by atoms with Crippen molar-refractivity contribution in [3.63, 3.8) is 0 Å². The van der Waals surface area contributed by atoms with Gasteiger partial charge in [0.25, 0.3) is 0 Å². The minimum absolute atomic E-state index is 0.511. The fourth-order valence-electron chi connectivity index (χ4n) is 3.35. The molecular formula is C14H28N2. The van der Waals surface area contributed by atoms with E-state index in [2.05, 4.69) is 11.9 Å². The van der Waals surface area contributed by atoms with Gasteiger partial charge >= 0.3 is 0 Å². The van der Waals surface area contributed by atoms with Gasteiger partial charge in [0.15, 0.2) is 0 Å². The quantitative estimate of drug-likeness (QED) is 0.778. The van der Waals surface area contributed by atoms with Crippen LogP contribution < -0.4 is 5.73 Å². The van der Waals surface area contributed by atoms with Crippen LogP contribution in [0.15, 0.2) is 0 Å². The molecule has 0 aromatic heterocycles. The SMILES string of the molecule is CN(CCC1CCCCC1)CC1CC(N)C1. The Hall–Kier alpha value is -0.0800. The summed E-state index contributed by atoms with van der Waals surface area (Å²) in [7, 11) is 2.28. The molecule has 0 bridgehead atoms. The zero-order chi connectivity index (χ0) is 11.4. The fraction of sp³-hybridized carbons (Fsp3) is 1.00. The molecule has 2 fully saturated rings. The number of nitrogens with two attached hydrogens (primary N) is 1. The molecule has 16 heavy (non-hydrogen) atoms. The van der Waals surface area contributed by atoms with Crippen LogP contribution in [-0.4, -0.2) is 31.1 Å². The second kappa shape index (κ2) is 6.02. The third kappa shape index (κ3) is 3.74. The van der Waals surface area contributed by atoms with Gasteiger partial charge in [0, 0.05) is 12.6 Å². The molecule has 2 saturated carbocycles. The van der Waals surface area contributed by atoms with Crippen LogP contribution in [0.4, 0.5) is 0 Å². The summed E-state index contributed by atoms with van der Waals surface area (Å²) >= 11 is 0. The maximum Gasteiger partial charge on any atom is 0.00450 e. The second-order valence-electron chi connectivity index (χ2n) is 6.15. The molecule has 2 nitrogen and oxygen atoms in total. The molecule has 2 rings (SSSR count). The Morgan fingerprint density at radius 3 is 2.38 bits per heavy atom. The van der Waals surface area contributed by atoms with Crippen molar-refractivity contribution in [2.45, 2.75) is 57.4 Å². The Morgan fingerprint density at radius 2 is 1.75 bits per heavy atom. The van der Waals surface area contributed by atoms with Crippen molar-refractivity contribution in [1.82, 2.24) is 4.90 Å². The van der Waals surface area contributed by atoms with Gasteiger partial charge in [-0.2, -0.15) is 0 Å². The Labute approximate surface area is 101 Å². The number of hydrogen-bond donors (Lipinski definition) is 1. The van der Waals surface area contributed by atoms with Crippen LogP contribution >= 0.6 is 0 Å². The zero-order valence-electron chi connectivity index (χ0n) is 10.8. The maximum absolute atomic E-state index is 5.82. The van der Waals surface area contributed by atoms with Crippen molar-refractivity contribution in [3.05, 3.63) is 0 Å². The normalized spacial score (nSPS) is 31.7. The second-order valence-corrected chi connectivity index (χ2v) is 6.15. The lowest BCUT2D eigenvalue weighted by atomic mass is 9.80. The van der Waals surface area contributed by atoms with Gasteiger partial charge in [0.2, 0.25) is 0 Å². The third-order valence-corrected chi connectivity index (χ3v) is 4.49. The molecule has 2 aliphatic carbocycles. The molecule has 2 heteroatoms. The Balaban J connectivity index is 1.54. The van der Waals surface area contributed by atoms with E-state index in [0.29, 0.717) is 6.04 Å². The molecule has 0 aliphatic heterocycles. The molecule has 0 amide bonds. The first-order valence-corrected chi connectivity index (χ1v) is 7.18. The van der Waals surface area contributed by atoms with Crippen LogP contribution in [0.2, 0.25) is 0 Å². The third-order valence-electron chi connectivity index (χ3n) is 4.49. The Morgan fingerprint density at radius 1 is 1.06 bits per heavy atom. The first kappa shape index (κ1) is 12.4. The van der Waals surface area contributed by atoms with Gasteiger partial charge in [-0.05, 0) is 44.7 Å². The van der Waals surface area contributed by atoms with Crippen molar-refractivity contribution in [1.29, 1.82) is 0 Å². The van der Waals surface area contributed by atoms with Gasteiger partial charge < -0.3 is 10.6 Å². The van der Waals surface area contributed by atoms with E-state index < -0.39 is 0 Å².